The van der Waals surface area contributed by atoms with E-state index in [9.17, 15) is 18.0 Å². The van der Waals surface area contributed by atoms with Crippen molar-refractivity contribution >= 4 is 5.91 Å². The third-order valence-corrected chi connectivity index (χ3v) is 3.20. The number of aryl methyl sites for hydroxylation is 2. The smallest absolute Gasteiger partial charge is 0.351 e. The van der Waals surface area contributed by atoms with Gasteiger partial charge in [0.1, 0.15) is 0 Å². The maximum Gasteiger partial charge on any atom is 0.471 e. The lowest BCUT2D eigenvalue weighted by atomic mass is 10.1. The zero-order valence-electron chi connectivity index (χ0n) is 12.1. The molecule has 0 radical (unpaired) electrons. The van der Waals surface area contributed by atoms with Gasteiger partial charge in [0.2, 0.25) is 0 Å². The first-order chi connectivity index (χ1) is 9.95. The summed E-state index contributed by atoms with van der Waals surface area (Å²) >= 11 is 0. The van der Waals surface area contributed by atoms with Gasteiger partial charge in [-0.15, -0.1) is 0 Å². The van der Waals surface area contributed by atoms with Crippen molar-refractivity contribution in [3.05, 3.63) is 35.4 Å². The lowest BCUT2D eigenvalue weighted by Gasteiger charge is -2.09. The van der Waals surface area contributed by atoms with Gasteiger partial charge < -0.3 is 10.6 Å². The van der Waals surface area contributed by atoms with Crippen LogP contribution in [0.25, 0.3) is 0 Å². The summed E-state index contributed by atoms with van der Waals surface area (Å²) in [6.45, 7) is 2.50. The topological polar surface area (TPSA) is 41.1 Å². The fourth-order valence-electron chi connectivity index (χ4n) is 1.83. The number of fused-ring (bicyclic) bond motifs is 1. The first-order valence-corrected chi connectivity index (χ1v) is 7.01. The summed E-state index contributed by atoms with van der Waals surface area (Å²) < 4.78 is 33.1. The van der Waals surface area contributed by atoms with Gasteiger partial charge in [0, 0.05) is 7.05 Å². The molecule has 1 heterocycles. The Hall–Kier alpha value is -1.56. The van der Waals surface area contributed by atoms with Crippen LogP contribution in [0.5, 0.6) is 0 Å². The molecule has 0 bridgehead atoms. The fraction of sp³-hybridized carbons (Fsp3) is 0.533. The van der Waals surface area contributed by atoms with Crippen molar-refractivity contribution < 1.29 is 18.0 Å². The van der Waals surface area contributed by atoms with Crippen LogP contribution in [-0.4, -0.2) is 32.2 Å². The average molecular weight is 302 g/mol. The second-order valence-electron chi connectivity index (χ2n) is 4.80. The number of amides is 1. The Morgan fingerprint density at radius 2 is 1.52 bits per heavy atom. The maximum atomic E-state index is 11.0. The lowest BCUT2D eigenvalue weighted by molar-refractivity contribution is -0.172. The van der Waals surface area contributed by atoms with Gasteiger partial charge in [-0.05, 0) is 49.9 Å². The van der Waals surface area contributed by atoms with Crippen molar-refractivity contribution in [3.8, 4) is 0 Å². The van der Waals surface area contributed by atoms with E-state index in [1.165, 1.54) is 44.1 Å². The van der Waals surface area contributed by atoms with Gasteiger partial charge in [0.15, 0.2) is 0 Å². The number of alkyl halides is 3. The maximum absolute atomic E-state index is 11.0. The van der Waals surface area contributed by atoms with E-state index in [2.05, 4.69) is 29.6 Å². The number of hydrogen-bond donors (Lipinski definition) is 2. The van der Waals surface area contributed by atoms with Crippen LogP contribution in [0.3, 0.4) is 0 Å². The highest BCUT2D eigenvalue weighted by molar-refractivity contribution is 5.81. The zero-order valence-corrected chi connectivity index (χ0v) is 12.1. The predicted molar refractivity (Wildman–Crippen MR) is 76.1 cm³/mol. The van der Waals surface area contributed by atoms with Gasteiger partial charge in [-0.3, -0.25) is 4.79 Å². The quantitative estimate of drug-likeness (QED) is 0.773. The molecule has 3 nitrogen and oxygen atoms in total. The molecule has 2 aliphatic rings. The number of hydrogen-bond acceptors (Lipinski definition) is 2. The Labute approximate surface area is 122 Å². The van der Waals surface area contributed by atoms with Crippen LogP contribution in [0.15, 0.2) is 24.3 Å². The SMILES string of the molecule is C1CNC1.CNC(=O)C(F)(F)F.c1ccc2c(c1)CCC2. The first kappa shape index (κ1) is 17.5. The molecule has 3 rings (SSSR count). The highest BCUT2D eigenvalue weighted by atomic mass is 19.4. The number of benzene rings is 1. The second kappa shape index (κ2) is 8.67. The Morgan fingerprint density at radius 3 is 1.76 bits per heavy atom. The van der Waals surface area contributed by atoms with Crippen molar-refractivity contribution in [3.63, 3.8) is 0 Å². The van der Waals surface area contributed by atoms with Crippen molar-refractivity contribution in [2.45, 2.75) is 31.9 Å². The molecule has 1 aliphatic heterocycles. The van der Waals surface area contributed by atoms with Crippen LogP contribution in [-0.2, 0) is 17.6 Å². The molecular weight excluding hydrogens is 281 g/mol. The molecule has 1 aliphatic carbocycles. The molecule has 0 atom stereocenters. The summed E-state index contributed by atoms with van der Waals surface area (Å²) in [5, 5.41) is 4.55. The van der Waals surface area contributed by atoms with E-state index in [1.807, 2.05) is 0 Å². The highest BCUT2D eigenvalue weighted by Crippen LogP contribution is 2.20. The molecule has 0 unspecified atom stereocenters. The summed E-state index contributed by atoms with van der Waals surface area (Å²) in [7, 11) is 0.926. The predicted octanol–water partition coefficient (Wildman–Crippen LogP) is 2.45. The Kier molecular flexibility index (Phi) is 7.22. The minimum Gasteiger partial charge on any atom is -0.351 e. The standard InChI is InChI=1S/C9H10.C3H4F3NO.C3H7N/c1-2-5-9-7-3-6-8(9)4-1;1-7-2(8)3(4,5)6;1-2-4-3-1/h1-2,4-5H,3,6-7H2;1H3,(H,7,8);4H,1-3H2. The van der Waals surface area contributed by atoms with Crippen LogP contribution >= 0.6 is 0 Å². The van der Waals surface area contributed by atoms with Crippen LogP contribution in [0.4, 0.5) is 13.2 Å². The number of halogens is 3. The molecule has 0 saturated carbocycles. The van der Waals surface area contributed by atoms with Crippen molar-refractivity contribution in [1.29, 1.82) is 0 Å². The van der Waals surface area contributed by atoms with E-state index < -0.39 is 12.1 Å². The second-order valence-corrected chi connectivity index (χ2v) is 4.80. The van der Waals surface area contributed by atoms with E-state index in [-0.39, 0.29) is 0 Å². The summed E-state index contributed by atoms with van der Waals surface area (Å²) in [5.41, 5.74) is 3.13. The third-order valence-electron chi connectivity index (χ3n) is 3.20. The van der Waals surface area contributed by atoms with Gasteiger partial charge in [0.25, 0.3) is 0 Å². The summed E-state index contributed by atoms with van der Waals surface area (Å²) in [6, 6.07) is 8.74. The van der Waals surface area contributed by atoms with E-state index in [1.54, 1.807) is 11.1 Å². The van der Waals surface area contributed by atoms with Crippen molar-refractivity contribution in [2.75, 3.05) is 20.1 Å². The molecule has 1 amide bonds. The van der Waals surface area contributed by atoms with Crippen LogP contribution in [0, 0.1) is 0 Å². The van der Waals surface area contributed by atoms with Gasteiger partial charge >= 0.3 is 12.1 Å². The normalized spacial score (nSPS) is 15.4. The average Bonchev–Trinajstić information content (AvgIpc) is 2.83. The van der Waals surface area contributed by atoms with E-state index in [4.69, 9.17) is 0 Å². The van der Waals surface area contributed by atoms with Gasteiger partial charge in [-0.25, -0.2) is 0 Å². The van der Waals surface area contributed by atoms with Crippen LogP contribution < -0.4 is 10.6 Å². The van der Waals surface area contributed by atoms with E-state index in [0.717, 1.165) is 7.05 Å². The fourth-order valence-corrected chi connectivity index (χ4v) is 1.83. The number of nitrogens with one attached hydrogen (secondary N) is 2. The van der Waals surface area contributed by atoms with Crippen molar-refractivity contribution in [1.82, 2.24) is 10.6 Å². The van der Waals surface area contributed by atoms with E-state index >= 15 is 0 Å². The number of carbonyl (C=O) groups excluding carboxylic acids is 1. The monoisotopic (exact) mass is 302 g/mol. The Morgan fingerprint density at radius 1 is 1.10 bits per heavy atom. The molecular formula is C15H21F3N2O. The lowest BCUT2D eigenvalue weighted by Crippen LogP contribution is -2.33. The molecule has 118 valence electrons. The molecule has 21 heavy (non-hydrogen) atoms. The molecule has 1 fully saturated rings. The summed E-state index contributed by atoms with van der Waals surface area (Å²) in [4.78, 5) is 9.60. The Balaban J connectivity index is 0.000000169. The van der Waals surface area contributed by atoms with E-state index in [0.29, 0.717) is 0 Å². The largest absolute Gasteiger partial charge is 0.471 e. The van der Waals surface area contributed by atoms with Gasteiger partial charge in [0.05, 0.1) is 0 Å². The molecule has 0 aromatic heterocycles. The van der Waals surface area contributed by atoms with Crippen LogP contribution in [0.1, 0.15) is 24.0 Å². The molecule has 1 aromatic rings. The highest BCUT2D eigenvalue weighted by Gasteiger charge is 2.37. The minimum absolute atomic E-state index is 0.926. The van der Waals surface area contributed by atoms with Gasteiger partial charge in [-0.2, -0.15) is 13.2 Å². The first-order valence-electron chi connectivity index (χ1n) is 7.01. The minimum atomic E-state index is -4.74. The Bertz CT molecular complexity index is 416. The van der Waals surface area contributed by atoms with Gasteiger partial charge in [-0.1, -0.05) is 24.3 Å². The number of carbonyl (C=O) groups is 1. The summed E-state index contributed by atoms with van der Waals surface area (Å²) in [5.74, 6) is -1.92. The zero-order chi connectivity index (χ0) is 15.7. The molecule has 1 aromatic carbocycles. The molecule has 1 saturated heterocycles. The number of rotatable bonds is 0. The van der Waals surface area contributed by atoms with Crippen molar-refractivity contribution in [2.24, 2.45) is 0 Å². The molecule has 2 N–H and O–H groups in total. The third kappa shape index (κ3) is 6.62. The summed E-state index contributed by atoms with van der Waals surface area (Å²) in [6.07, 6.45) is 0.612. The molecule has 6 heteroatoms. The molecule has 0 spiro atoms. The van der Waals surface area contributed by atoms with Crippen LogP contribution in [0.2, 0.25) is 0 Å².